The Morgan fingerprint density at radius 1 is 0.867 bits per heavy atom. The highest BCUT2D eigenvalue weighted by Gasteiger charge is 2.38. The maximum Gasteiger partial charge on any atom is 0.514 e. The van der Waals surface area contributed by atoms with E-state index in [-0.39, 0.29) is 10.9 Å². The number of carbonyl (C=O) groups is 1. The fourth-order valence-electron chi connectivity index (χ4n) is 3.56. The maximum absolute atomic E-state index is 12.2. The molecular weight excluding hydrogens is 394 g/mol. The van der Waals surface area contributed by atoms with Gasteiger partial charge in [0.2, 0.25) is 0 Å². The Balaban J connectivity index is 1.75. The summed E-state index contributed by atoms with van der Waals surface area (Å²) in [5.74, 6) is 0.563. The van der Waals surface area contributed by atoms with Gasteiger partial charge in [-0.05, 0) is 70.0 Å². The van der Waals surface area contributed by atoms with Gasteiger partial charge in [0.05, 0.1) is 11.4 Å². The molecule has 0 radical (unpaired) electrons. The summed E-state index contributed by atoms with van der Waals surface area (Å²) in [5, 5.41) is 3.55. The van der Waals surface area contributed by atoms with E-state index in [1.807, 2.05) is 34.6 Å². The van der Waals surface area contributed by atoms with Crippen molar-refractivity contribution in [3.8, 4) is 5.75 Å². The van der Waals surface area contributed by atoms with Crippen LogP contribution in [0.3, 0.4) is 0 Å². The molecule has 1 N–H and O–H groups in total. The molecule has 1 aliphatic rings. The molecule has 0 unspecified atom stereocenters. The monoisotopic (exact) mass is 420 g/mol. The number of aryl methyl sites for hydroxylation is 2. The number of benzene rings is 3. The van der Waals surface area contributed by atoms with E-state index in [4.69, 9.17) is 9.47 Å². The van der Waals surface area contributed by atoms with Crippen LogP contribution < -0.4 is 10.1 Å². The highest BCUT2D eigenvalue weighted by atomic mass is 32.2. The molecule has 3 aromatic rings. The largest absolute Gasteiger partial charge is 0.514 e. The number of para-hydroxylation sites is 2. The molecule has 0 atom stereocenters. The van der Waals surface area contributed by atoms with Crippen molar-refractivity contribution in [1.82, 2.24) is 0 Å². The van der Waals surface area contributed by atoms with Gasteiger partial charge in [0, 0.05) is 12.1 Å². The first kappa shape index (κ1) is 20.4. The molecule has 4 rings (SSSR count). The Kier molecular flexibility index (Phi) is 5.24. The predicted molar refractivity (Wildman–Crippen MR) is 121 cm³/mol. The standard InChI is InChI=1S/C25H26NO3S/c1-16-14-18(15-17(2)23(16)28-24(27)29-25(3,4)5)30-21-12-8-6-10-19(21)26-20-11-7-9-13-22(20)30/h6-15,26H,1-5H3/q+1. The van der Waals surface area contributed by atoms with E-state index in [0.717, 1.165) is 22.5 Å². The van der Waals surface area contributed by atoms with Crippen molar-refractivity contribution in [3.05, 3.63) is 71.8 Å². The zero-order valence-electron chi connectivity index (χ0n) is 17.9. The van der Waals surface area contributed by atoms with Gasteiger partial charge in [0.1, 0.15) is 22.2 Å². The third-order valence-corrected chi connectivity index (χ3v) is 7.03. The molecule has 4 nitrogen and oxygen atoms in total. The molecular formula is C25H26NO3S+. The van der Waals surface area contributed by atoms with Gasteiger partial charge in [0.15, 0.2) is 14.7 Å². The van der Waals surface area contributed by atoms with E-state index in [1.165, 1.54) is 14.7 Å². The van der Waals surface area contributed by atoms with Crippen molar-refractivity contribution in [2.45, 2.75) is 54.9 Å². The summed E-state index contributed by atoms with van der Waals surface area (Å²) in [6.45, 7) is 9.41. The summed E-state index contributed by atoms with van der Waals surface area (Å²) in [6.07, 6.45) is -0.679. The van der Waals surface area contributed by atoms with Crippen molar-refractivity contribution >= 4 is 28.4 Å². The highest BCUT2D eigenvalue weighted by Crippen LogP contribution is 2.45. The number of rotatable bonds is 2. The second-order valence-electron chi connectivity index (χ2n) is 8.38. The number of anilines is 2. The van der Waals surface area contributed by atoms with Crippen LogP contribution in [0.5, 0.6) is 5.75 Å². The summed E-state index contributed by atoms with van der Waals surface area (Å²) < 4.78 is 10.9. The Hall–Kier alpha value is -2.92. The second kappa shape index (κ2) is 7.73. The van der Waals surface area contributed by atoms with Crippen molar-refractivity contribution in [3.63, 3.8) is 0 Å². The summed E-state index contributed by atoms with van der Waals surface area (Å²) >= 11 is 0. The molecule has 0 aliphatic carbocycles. The first-order valence-corrected chi connectivity index (χ1v) is 11.2. The summed E-state index contributed by atoms with van der Waals surface area (Å²) in [5.41, 5.74) is 3.49. The van der Waals surface area contributed by atoms with Gasteiger partial charge >= 0.3 is 6.16 Å². The molecule has 1 aliphatic heterocycles. The average molecular weight is 421 g/mol. The molecule has 0 amide bonds. The summed E-state index contributed by atoms with van der Waals surface area (Å²) in [4.78, 5) is 15.9. The topological polar surface area (TPSA) is 47.6 Å². The first-order valence-electron chi connectivity index (χ1n) is 9.94. The molecule has 0 fully saturated rings. The number of hydrogen-bond acceptors (Lipinski definition) is 4. The maximum atomic E-state index is 12.2. The van der Waals surface area contributed by atoms with Crippen LogP contribution in [0.1, 0.15) is 31.9 Å². The molecule has 1 heterocycles. The minimum atomic E-state index is -0.679. The van der Waals surface area contributed by atoms with Crippen LogP contribution in [0.4, 0.5) is 16.2 Å². The molecule has 30 heavy (non-hydrogen) atoms. The van der Waals surface area contributed by atoms with Crippen LogP contribution in [0, 0.1) is 13.8 Å². The van der Waals surface area contributed by atoms with Gasteiger partial charge in [-0.3, -0.25) is 0 Å². The van der Waals surface area contributed by atoms with Crippen LogP contribution in [0.25, 0.3) is 0 Å². The van der Waals surface area contributed by atoms with Gasteiger partial charge in [-0.25, -0.2) is 4.79 Å². The van der Waals surface area contributed by atoms with Crippen LogP contribution in [-0.2, 0) is 15.6 Å². The molecule has 154 valence electrons. The fraction of sp³-hybridized carbons (Fsp3) is 0.240. The van der Waals surface area contributed by atoms with Gasteiger partial charge < -0.3 is 14.8 Å². The van der Waals surface area contributed by atoms with Crippen molar-refractivity contribution in [2.24, 2.45) is 0 Å². The Morgan fingerprint density at radius 3 is 1.87 bits per heavy atom. The highest BCUT2D eigenvalue weighted by molar-refractivity contribution is 7.97. The van der Waals surface area contributed by atoms with Gasteiger partial charge in [-0.1, -0.05) is 24.3 Å². The normalized spacial score (nSPS) is 13.1. The third-order valence-electron chi connectivity index (χ3n) is 4.73. The minimum absolute atomic E-state index is 0.250. The molecule has 0 saturated heterocycles. The Bertz CT molecular complexity index is 1050. The number of fused-ring (bicyclic) bond motifs is 2. The molecule has 5 heteroatoms. The van der Waals surface area contributed by atoms with Gasteiger partial charge in [-0.2, -0.15) is 0 Å². The number of ether oxygens (including phenoxy) is 2. The van der Waals surface area contributed by atoms with Crippen LogP contribution in [0.15, 0.2) is 75.4 Å². The van der Waals surface area contributed by atoms with Crippen molar-refractivity contribution < 1.29 is 14.3 Å². The van der Waals surface area contributed by atoms with E-state index < -0.39 is 11.8 Å². The van der Waals surface area contributed by atoms with E-state index in [9.17, 15) is 4.79 Å². The van der Waals surface area contributed by atoms with E-state index in [0.29, 0.717) is 5.75 Å². The van der Waals surface area contributed by atoms with Crippen molar-refractivity contribution in [1.29, 1.82) is 0 Å². The molecule has 0 spiro atoms. The Labute approximate surface area is 180 Å². The Morgan fingerprint density at radius 2 is 1.37 bits per heavy atom. The third kappa shape index (κ3) is 4.03. The minimum Gasteiger partial charge on any atom is -0.428 e. The smallest absolute Gasteiger partial charge is 0.428 e. The SMILES string of the molecule is Cc1cc([S+]2c3ccccc3Nc3ccccc32)cc(C)c1OC(=O)OC(C)(C)C. The van der Waals surface area contributed by atoms with Crippen LogP contribution >= 0.6 is 0 Å². The van der Waals surface area contributed by atoms with E-state index in [1.54, 1.807) is 0 Å². The number of carbonyl (C=O) groups excluding carboxylic acids is 1. The van der Waals surface area contributed by atoms with Crippen molar-refractivity contribution in [2.75, 3.05) is 5.32 Å². The lowest BCUT2D eigenvalue weighted by Gasteiger charge is -2.22. The second-order valence-corrected chi connectivity index (χ2v) is 10.3. The lowest BCUT2D eigenvalue weighted by Crippen LogP contribution is -2.26. The van der Waals surface area contributed by atoms with Gasteiger partial charge in [-0.15, -0.1) is 0 Å². The molecule has 0 aromatic heterocycles. The number of nitrogens with one attached hydrogen (secondary N) is 1. The number of hydrogen-bond donors (Lipinski definition) is 1. The van der Waals surface area contributed by atoms with Crippen LogP contribution in [0.2, 0.25) is 0 Å². The molecule has 0 bridgehead atoms. The first-order chi connectivity index (χ1) is 14.2. The van der Waals surface area contributed by atoms with Crippen LogP contribution in [-0.4, -0.2) is 11.8 Å². The quantitative estimate of drug-likeness (QED) is 0.221. The summed E-state index contributed by atoms with van der Waals surface area (Å²) in [6, 6.07) is 21.1. The fourth-order valence-corrected chi connectivity index (χ4v) is 6.00. The van der Waals surface area contributed by atoms with E-state index >= 15 is 0 Å². The zero-order chi connectivity index (χ0) is 21.5. The van der Waals surface area contributed by atoms with Gasteiger partial charge in [0.25, 0.3) is 0 Å². The lowest BCUT2D eigenvalue weighted by atomic mass is 10.1. The molecule has 3 aromatic carbocycles. The predicted octanol–water partition coefficient (Wildman–Crippen LogP) is 6.77. The lowest BCUT2D eigenvalue weighted by molar-refractivity contribution is 0.0203. The molecule has 0 saturated carbocycles. The van der Waals surface area contributed by atoms with E-state index in [2.05, 4.69) is 66.0 Å². The summed E-state index contributed by atoms with van der Waals surface area (Å²) in [7, 11) is -0.250. The average Bonchev–Trinajstić information content (AvgIpc) is 2.67. The zero-order valence-corrected chi connectivity index (χ0v) is 18.7.